The second-order valence-corrected chi connectivity index (χ2v) is 7.43. The Bertz CT molecular complexity index is 1340. The Morgan fingerprint density at radius 2 is 2.00 bits per heavy atom. The van der Waals surface area contributed by atoms with E-state index in [2.05, 4.69) is 30.8 Å². The van der Waals surface area contributed by atoms with E-state index in [-0.39, 0.29) is 40.9 Å². The van der Waals surface area contributed by atoms with Crippen LogP contribution in [0.4, 0.5) is 10.2 Å². The third-order valence-electron chi connectivity index (χ3n) is 4.76. The first kappa shape index (κ1) is 22.2. The van der Waals surface area contributed by atoms with Crippen molar-refractivity contribution in [2.24, 2.45) is 0 Å². The van der Waals surface area contributed by atoms with Gasteiger partial charge in [0.1, 0.15) is 28.9 Å². The molecule has 0 bridgehead atoms. The molecule has 11 heteroatoms. The molecule has 4 rings (SSSR count). The molecular formula is C22H18ClFN6O3. The van der Waals surface area contributed by atoms with Gasteiger partial charge in [0.05, 0.1) is 18.6 Å². The maximum absolute atomic E-state index is 13.3. The Hall–Kier alpha value is -4.05. The van der Waals surface area contributed by atoms with E-state index in [1.54, 1.807) is 25.3 Å². The number of carbonyl (C=O) groups is 2. The number of anilines is 1. The molecule has 0 saturated heterocycles. The number of hydrogen-bond acceptors (Lipinski definition) is 6. The van der Waals surface area contributed by atoms with Crippen molar-refractivity contribution in [3.63, 3.8) is 0 Å². The van der Waals surface area contributed by atoms with Crippen molar-refractivity contribution < 1.29 is 18.7 Å². The normalized spacial score (nSPS) is 10.8. The van der Waals surface area contributed by atoms with Gasteiger partial charge in [0.15, 0.2) is 11.5 Å². The molecule has 0 saturated carbocycles. The van der Waals surface area contributed by atoms with Crippen LogP contribution in [0.15, 0.2) is 48.8 Å². The first-order valence-electron chi connectivity index (χ1n) is 9.78. The maximum atomic E-state index is 13.3. The highest BCUT2D eigenvalue weighted by Crippen LogP contribution is 2.21. The fourth-order valence-corrected chi connectivity index (χ4v) is 3.36. The molecule has 2 aromatic heterocycles. The SMILES string of the molecule is COc1cccc(CC(=O)Nc2n[nH]c3c(C(=O)NCc4ccc(F)c(Cl)c4)ncnc23)c1. The van der Waals surface area contributed by atoms with E-state index < -0.39 is 11.7 Å². The largest absolute Gasteiger partial charge is 0.497 e. The summed E-state index contributed by atoms with van der Waals surface area (Å²) in [4.78, 5) is 33.3. The predicted octanol–water partition coefficient (Wildman–Crippen LogP) is 3.27. The van der Waals surface area contributed by atoms with Crippen molar-refractivity contribution >= 4 is 40.3 Å². The van der Waals surface area contributed by atoms with Crippen LogP contribution >= 0.6 is 11.6 Å². The summed E-state index contributed by atoms with van der Waals surface area (Å²) in [6.07, 6.45) is 1.31. The number of halogens is 2. The number of ether oxygens (including phenoxy) is 1. The van der Waals surface area contributed by atoms with E-state index in [1.165, 1.54) is 24.5 Å². The van der Waals surface area contributed by atoms with Gasteiger partial charge in [-0.1, -0.05) is 29.8 Å². The number of benzene rings is 2. The van der Waals surface area contributed by atoms with Gasteiger partial charge < -0.3 is 15.4 Å². The molecule has 0 fully saturated rings. The number of hydrogen-bond donors (Lipinski definition) is 3. The highest BCUT2D eigenvalue weighted by molar-refractivity contribution is 6.30. The number of fused-ring (bicyclic) bond motifs is 1. The molecule has 4 aromatic rings. The van der Waals surface area contributed by atoms with Crippen LogP contribution in [0.3, 0.4) is 0 Å². The third kappa shape index (κ3) is 5.07. The molecule has 2 amide bonds. The van der Waals surface area contributed by atoms with Gasteiger partial charge in [-0.25, -0.2) is 14.4 Å². The van der Waals surface area contributed by atoms with Gasteiger partial charge in [0.2, 0.25) is 5.91 Å². The summed E-state index contributed by atoms with van der Waals surface area (Å²) in [5.74, 6) is -0.519. The summed E-state index contributed by atoms with van der Waals surface area (Å²) in [5.41, 5.74) is 1.99. The monoisotopic (exact) mass is 468 g/mol. The van der Waals surface area contributed by atoms with Crippen LogP contribution in [0.25, 0.3) is 11.0 Å². The van der Waals surface area contributed by atoms with Gasteiger partial charge in [-0.05, 0) is 35.4 Å². The lowest BCUT2D eigenvalue weighted by atomic mass is 10.1. The number of methoxy groups -OCH3 is 1. The third-order valence-corrected chi connectivity index (χ3v) is 5.05. The number of H-pyrrole nitrogens is 1. The zero-order valence-corrected chi connectivity index (χ0v) is 18.1. The van der Waals surface area contributed by atoms with Crippen LogP contribution in [0.1, 0.15) is 21.6 Å². The number of aromatic nitrogens is 4. The minimum Gasteiger partial charge on any atom is -0.497 e. The lowest BCUT2D eigenvalue weighted by Crippen LogP contribution is -2.24. The number of nitrogens with one attached hydrogen (secondary N) is 3. The predicted molar refractivity (Wildman–Crippen MR) is 120 cm³/mol. The average molecular weight is 469 g/mol. The number of amides is 2. The first-order valence-corrected chi connectivity index (χ1v) is 10.2. The van der Waals surface area contributed by atoms with Crippen LogP contribution in [0.5, 0.6) is 5.75 Å². The van der Waals surface area contributed by atoms with Crippen molar-refractivity contribution in [3.05, 3.63) is 76.5 Å². The van der Waals surface area contributed by atoms with Gasteiger partial charge in [-0.2, -0.15) is 5.10 Å². The molecule has 0 aliphatic heterocycles. The van der Waals surface area contributed by atoms with E-state index >= 15 is 0 Å². The number of rotatable bonds is 7. The van der Waals surface area contributed by atoms with Crippen molar-refractivity contribution in [2.75, 3.05) is 12.4 Å². The minimum absolute atomic E-state index is 0.0333. The molecule has 0 radical (unpaired) electrons. The van der Waals surface area contributed by atoms with Gasteiger partial charge in [0, 0.05) is 6.54 Å². The quantitative estimate of drug-likeness (QED) is 0.382. The molecule has 0 aliphatic rings. The molecule has 0 aliphatic carbocycles. The van der Waals surface area contributed by atoms with E-state index in [1.807, 2.05) is 6.07 Å². The van der Waals surface area contributed by atoms with Gasteiger partial charge in [-0.15, -0.1) is 0 Å². The second kappa shape index (κ2) is 9.61. The molecule has 168 valence electrons. The van der Waals surface area contributed by atoms with Gasteiger partial charge in [-0.3, -0.25) is 14.7 Å². The lowest BCUT2D eigenvalue weighted by Gasteiger charge is -2.06. The highest BCUT2D eigenvalue weighted by atomic mass is 35.5. The standard InChI is InChI=1S/C22H18ClFN6O3/c1-33-14-4-2-3-12(7-14)9-17(31)28-21-19-18(29-30-21)20(27-11-26-19)22(32)25-10-13-5-6-16(24)15(23)8-13/h2-8,11H,9-10H2,1H3,(H,25,32)(H2,28,29,30,31). The second-order valence-electron chi connectivity index (χ2n) is 7.03. The van der Waals surface area contributed by atoms with Crippen molar-refractivity contribution in [1.29, 1.82) is 0 Å². The smallest absolute Gasteiger partial charge is 0.272 e. The van der Waals surface area contributed by atoms with Crippen molar-refractivity contribution in [1.82, 2.24) is 25.5 Å². The Morgan fingerprint density at radius 1 is 1.15 bits per heavy atom. The topological polar surface area (TPSA) is 122 Å². The van der Waals surface area contributed by atoms with E-state index in [0.29, 0.717) is 16.8 Å². The Balaban J connectivity index is 1.47. The van der Waals surface area contributed by atoms with E-state index in [4.69, 9.17) is 16.3 Å². The van der Waals surface area contributed by atoms with E-state index in [9.17, 15) is 14.0 Å². The number of aromatic amines is 1. The van der Waals surface area contributed by atoms with Crippen molar-refractivity contribution in [2.45, 2.75) is 13.0 Å². The summed E-state index contributed by atoms with van der Waals surface area (Å²) < 4.78 is 18.5. The number of carbonyl (C=O) groups excluding carboxylic acids is 2. The number of nitrogens with zero attached hydrogens (tertiary/aromatic N) is 3. The molecule has 3 N–H and O–H groups in total. The van der Waals surface area contributed by atoms with Crippen LogP contribution in [-0.4, -0.2) is 39.1 Å². The zero-order chi connectivity index (χ0) is 23.4. The van der Waals surface area contributed by atoms with E-state index in [0.717, 1.165) is 5.56 Å². The summed E-state index contributed by atoms with van der Waals surface area (Å²) in [7, 11) is 1.55. The van der Waals surface area contributed by atoms with Crippen molar-refractivity contribution in [3.8, 4) is 5.75 Å². The Morgan fingerprint density at radius 3 is 2.79 bits per heavy atom. The molecule has 0 unspecified atom stereocenters. The van der Waals surface area contributed by atoms with Crippen LogP contribution < -0.4 is 15.4 Å². The molecule has 9 nitrogen and oxygen atoms in total. The van der Waals surface area contributed by atoms with Gasteiger partial charge in [0.25, 0.3) is 5.91 Å². The summed E-state index contributed by atoms with van der Waals surface area (Å²) in [6.45, 7) is 0.114. The van der Waals surface area contributed by atoms with Gasteiger partial charge >= 0.3 is 0 Å². The molecule has 2 heterocycles. The lowest BCUT2D eigenvalue weighted by molar-refractivity contribution is -0.115. The van der Waals surface area contributed by atoms with Crippen LogP contribution in [0, 0.1) is 5.82 Å². The average Bonchev–Trinajstić information content (AvgIpc) is 3.22. The molecule has 2 aromatic carbocycles. The molecule has 0 atom stereocenters. The summed E-state index contributed by atoms with van der Waals surface area (Å²) in [6, 6.07) is 11.3. The fourth-order valence-electron chi connectivity index (χ4n) is 3.15. The summed E-state index contributed by atoms with van der Waals surface area (Å²) in [5, 5.41) is 12.1. The molecule has 0 spiro atoms. The first-order chi connectivity index (χ1) is 15.9. The molecular weight excluding hydrogens is 451 g/mol. The summed E-state index contributed by atoms with van der Waals surface area (Å²) >= 11 is 5.77. The highest BCUT2D eigenvalue weighted by Gasteiger charge is 2.18. The molecule has 33 heavy (non-hydrogen) atoms. The Labute approximate surface area is 192 Å². The Kier molecular flexibility index (Phi) is 6.45. The van der Waals surface area contributed by atoms with Crippen LogP contribution in [-0.2, 0) is 17.8 Å². The fraction of sp³-hybridized carbons (Fsp3) is 0.136. The zero-order valence-electron chi connectivity index (χ0n) is 17.4. The minimum atomic E-state index is -0.539. The van der Waals surface area contributed by atoms with Crippen LogP contribution in [0.2, 0.25) is 5.02 Å². The maximum Gasteiger partial charge on any atom is 0.272 e.